The van der Waals surface area contributed by atoms with E-state index < -0.39 is 0 Å². The van der Waals surface area contributed by atoms with Crippen molar-refractivity contribution >= 4 is 18.3 Å². The predicted molar refractivity (Wildman–Crippen MR) is 84.7 cm³/mol. The molecular weight excluding hydrogens is 304 g/mol. The summed E-state index contributed by atoms with van der Waals surface area (Å²) in [7, 11) is 3.72. The highest BCUT2D eigenvalue weighted by Gasteiger charge is 2.36. The van der Waals surface area contributed by atoms with Crippen LogP contribution in [0.2, 0.25) is 0 Å². The average Bonchev–Trinajstić information content (AvgIpc) is 3.17. The van der Waals surface area contributed by atoms with Gasteiger partial charge in [0.2, 0.25) is 5.91 Å². The van der Waals surface area contributed by atoms with Gasteiger partial charge in [0.15, 0.2) is 0 Å². The fraction of sp³-hybridized carbons (Fsp3) is 0.467. The monoisotopic (exact) mass is 324 g/mol. The Bertz CT molecular complexity index is 611. The second kappa shape index (κ2) is 6.98. The van der Waals surface area contributed by atoms with E-state index in [1.165, 1.54) is 0 Å². The fourth-order valence-electron chi connectivity index (χ4n) is 2.92. The van der Waals surface area contributed by atoms with Crippen LogP contribution < -0.4 is 5.32 Å². The van der Waals surface area contributed by atoms with Gasteiger partial charge >= 0.3 is 0 Å². The summed E-state index contributed by atoms with van der Waals surface area (Å²) in [5, 5.41) is 7.53. The van der Waals surface area contributed by atoms with Crippen molar-refractivity contribution in [1.82, 2.24) is 20.0 Å². The van der Waals surface area contributed by atoms with Crippen molar-refractivity contribution in [3.63, 3.8) is 0 Å². The molecule has 0 bridgehead atoms. The van der Waals surface area contributed by atoms with Crippen LogP contribution in [0, 0.1) is 5.92 Å². The van der Waals surface area contributed by atoms with Gasteiger partial charge in [0, 0.05) is 39.3 Å². The van der Waals surface area contributed by atoms with Crippen molar-refractivity contribution in [2.75, 3.05) is 20.1 Å². The summed E-state index contributed by atoms with van der Waals surface area (Å²) in [5.74, 6) is 1.08. The summed E-state index contributed by atoms with van der Waals surface area (Å²) in [6.07, 6.45) is 5.47. The number of nitrogens with one attached hydrogen (secondary N) is 1. The van der Waals surface area contributed by atoms with Crippen LogP contribution in [-0.4, -0.2) is 40.7 Å². The maximum Gasteiger partial charge on any atom is 0.227 e. The number of furan rings is 1. The highest BCUT2D eigenvalue weighted by Crippen LogP contribution is 2.29. The smallest absolute Gasteiger partial charge is 0.227 e. The molecule has 0 spiro atoms. The number of rotatable bonds is 4. The van der Waals surface area contributed by atoms with Crippen molar-refractivity contribution in [2.45, 2.75) is 12.5 Å². The molecule has 0 radical (unpaired) electrons. The highest BCUT2D eigenvalue weighted by atomic mass is 35.5. The summed E-state index contributed by atoms with van der Waals surface area (Å²) in [4.78, 5) is 14.4. The van der Waals surface area contributed by atoms with Gasteiger partial charge < -0.3 is 14.6 Å². The molecule has 0 aromatic carbocycles. The van der Waals surface area contributed by atoms with Crippen LogP contribution in [0.1, 0.15) is 17.2 Å². The minimum Gasteiger partial charge on any atom is -0.467 e. The first-order valence-electron chi connectivity index (χ1n) is 7.12. The Balaban J connectivity index is 0.00000176. The number of carbonyl (C=O) groups excluding carboxylic acids is 1. The van der Waals surface area contributed by atoms with E-state index in [2.05, 4.69) is 10.4 Å². The quantitative estimate of drug-likeness (QED) is 0.923. The predicted octanol–water partition coefficient (Wildman–Crippen LogP) is 1.40. The molecule has 1 fully saturated rings. The van der Waals surface area contributed by atoms with Crippen molar-refractivity contribution < 1.29 is 9.21 Å². The highest BCUT2D eigenvalue weighted by molar-refractivity contribution is 5.85. The number of halogens is 1. The second-order valence-electron chi connectivity index (χ2n) is 5.59. The SMILES string of the molecule is CN(Cc1ccco1)C(=O)[C@H]1CNC[C@@H]1c1cnn(C)c1.Cl. The van der Waals surface area contributed by atoms with E-state index in [0.717, 1.165) is 17.9 Å². The zero-order valence-electron chi connectivity index (χ0n) is 12.7. The molecule has 2 aromatic rings. The first-order valence-corrected chi connectivity index (χ1v) is 7.12. The summed E-state index contributed by atoms with van der Waals surface area (Å²) in [6.45, 7) is 2.03. The van der Waals surface area contributed by atoms with Gasteiger partial charge in [0.05, 0.1) is 24.9 Å². The molecule has 7 heteroatoms. The van der Waals surface area contributed by atoms with Crippen molar-refractivity contribution in [3.05, 3.63) is 42.1 Å². The van der Waals surface area contributed by atoms with E-state index in [1.54, 1.807) is 15.8 Å². The van der Waals surface area contributed by atoms with Crippen LogP contribution in [0.15, 0.2) is 35.2 Å². The number of carbonyl (C=O) groups is 1. The number of hydrogen-bond donors (Lipinski definition) is 1. The lowest BCUT2D eigenvalue weighted by molar-refractivity contribution is -0.134. The lowest BCUT2D eigenvalue weighted by atomic mass is 9.90. The van der Waals surface area contributed by atoms with Crippen LogP contribution in [0.3, 0.4) is 0 Å². The van der Waals surface area contributed by atoms with Crippen LogP contribution in [0.5, 0.6) is 0 Å². The van der Waals surface area contributed by atoms with Gasteiger partial charge in [-0.15, -0.1) is 12.4 Å². The third-order valence-electron chi connectivity index (χ3n) is 4.03. The number of amides is 1. The maximum absolute atomic E-state index is 12.7. The Morgan fingerprint density at radius 2 is 2.36 bits per heavy atom. The molecule has 6 nitrogen and oxygen atoms in total. The third-order valence-corrected chi connectivity index (χ3v) is 4.03. The molecule has 3 rings (SSSR count). The molecule has 2 atom stereocenters. The Hall–Kier alpha value is -1.79. The van der Waals surface area contributed by atoms with E-state index in [9.17, 15) is 4.79 Å². The number of hydrogen-bond acceptors (Lipinski definition) is 4. The molecule has 1 saturated heterocycles. The molecule has 0 unspecified atom stereocenters. The summed E-state index contributed by atoms with van der Waals surface area (Å²) < 4.78 is 7.09. The molecule has 1 amide bonds. The Morgan fingerprint density at radius 1 is 1.55 bits per heavy atom. The lowest BCUT2D eigenvalue weighted by Crippen LogP contribution is -2.35. The van der Waals surface area contributed by atoms with Gasteiger partial charge in [0.25, 0.3) is 0 Å². The van der Waals surface area contributed by atoms with Gasteiger partial charge in [-0.3, -0.25) is 9.48 Å². The molecular formula is C15H21ClN4O2. The molecule has 1 aliphatic rings. The summed E-state index contributed by atoms with van der Waals surface area (Å²) in [5.41, 5.74) is 1.12. The Kier molecular flexibility index (Phi) is 5.26. The zero-order valence-corrected chi connectivity index (χ0v) is 13.5. The average molecular weight is 325 g/mol. The van der Waals surface area contributed by atoms with E-state index in [4.69, 9.17) is 4.42 Å². The van der Waals surface area contributed by atoms with Crippen molar-refractivity contribution in [3.8, 4) is 0 Å². The number of aromatic nitrogens is 2. The molecule has 1 aliphatic heterocycles. The first-order chi connectivity index (χ1) is 10.1. The maximum atomic E-state index is 12.7. The van der Waals surface area contributed by atoms with Gasteiger partial charge in [-0.05, 0) is 17.7 Å². The largest absolute Gasteiger partial charge is 0.467 e. The standard InChI is InChI=1S/C15H20N4O2.ClH/c1-18(10-12-4-3-5-21-12)15(20)14-8-16-7-13(14)11-6-17-19(2)9-11;/h3-6,9,13-14,16H,7-8,10H2,1-2H3;1H/t13-,14+;/m1./s1. The van der Waals surface area contributed by atoms with Gasteiger partial charge in [-0.1, -0.05) is 0 Å². The summed E-state index contributed by atoms with van der Waals surface area (Å²) >= 11 is 0. The van der Waals surface area contributed by atoms with E-state index >= 15 is 0 Å². The van der Waals surface area contributed by atoms with Gasteiger partial charge in [0.1, 0.15) is 5.76 Å². The third kappa shape index (κ3) is 3.34. The summed E-state index contributed by atoms with van der Waals surface area (Å²) in [6, 6.07) is 3.72. The lowest BCUT2D eigenvalue weighted by Gasteiger charge is -2.23. The van der Waals surface area contributed by atoms with Crippen molar-refractivity contribution in [2.24, 2.45) is 13.0 Å². The van der Waals surface area contributed by atoms with Crippen LogP contribution in [-0.2, 0) is 18.4 Å². The minimum atomic E-state index is -0.0471. The van der Waals surface area contributed by atoms with Crippen LogP contribution in [0.25, 0.3) is 0 Å². The molecule has 0 aliphatic carbocycles. The second-order valence-corrected chi connectivity index (χ2v) is 5.59. The number of nitrogens with zero attached hydrogens (tertiary/aromatic N) is 3. The van der Waals surface area contributed by atoms with E-state index in [0.29, 0.717) is 13.1 Å². The molecule has 120 valence electrons. The fourth-order valence-corrected chi connectivity index (χ4v) is 2.92. The molecule has 1 N–H and O–H groups in total. The molecule has 2 aromatic heterocycles. The molecule has 3 heterocycles. The van der Waals surface area contributed by atoms with Crippen molar-refractivity contribution in [1.29, 1.82) is 0 Å². The van der Waals surface area contributed by atoms with Gasteiger partial charge in [-0.25, -0.2) is 0 Å². The van der Waals surface area contributed by atoms with E-state index in [-0.39, 0.29) is 30.2 Å². The molecule has 0 saturated carbocycles. The number of aryl methyl sites for hydroxylation is 1. The first kappa shape index (κ1) is 16.6. The topological polar surface area (TPSA) is 63.3 Å². The normalized spacial score (nSPS) is 20.6. The zero-order chi connectivity index (χ0) is 14.8. The Labute approximate surface area is 135 Å². The molecule has 22 heavy (non-hydrogen) atoms. The van der Waals surface area contributed by atoms with Crippen LogP contribution >= 0.6 is 12.4 Å². The Morgan fingerprint density at radius 3 is 3.00 bits per heavy atom. The van der Waals surface area contributed by atoms with Gasteiger partial charge in [-0.2, -0.15) is 5.10 Å². The van der Waals surface area contributed by atoms with Crippen LogP contribution in [0.4, 0.5) is 0 Å². The minimum absolute atomic E-state index is 0. The van der Waals surface area contributed by atoms with E-state index in [1.807, 2.05) is 38.6 Å².